The van der Waals surface area contributed by atoms with Gasteiger partial charge in [-0.2, -0.15) is 0 Å². The maximum atomic E-state index is 12.8. The fourth-order valence-corrected chi connectivity index (χ4v) is 5.37. The third-order valence-corrected chi connectivity index (χ3v) is 8.37. The Balaban J connectivity index is 3.84. The van der Waals surface area contributed by atoms with Crippen LogP contribution in [0.1, 0.15) is 174 Å². The molecule has 0 heterocycles. The van der Waals surface area contributed by atoms with Gasteiger partial charge in [0, 0.05) is 13.0 Å². The second kappa shape index (κ2) is 37.3. The number of hydrogen-bond donors (Lipinski definition) is 3. The fraction of sp³-hybridized carbons (Fsp3) is 0.756. The van der Waals surface area contributed by atoms with Crippen molar-refractivity contribution in [1.82, 2.24) is 16.0 Å². The number of amides is 2. The molecule has 0 bridgehead atoms. The molecule has 1 atom stereocenters. The summed E-state index contributed by atoms with van der Waals surface area (Å²) in [6, 6.07) is -0.456. The van der Waals surface area contributed by atoms with Gasteiger partial charge in [0.1, 0.15) is 6.04 Å². The molecule has 2 amide bonds. The highest BCUT2D eigenvalue weighted by Crippen LogP contribution is 2.10. The smallest absolute Gasteiger partial charge is 0.242 e. The molecule has 1 unspecified atom stereocenters. The van der Waals surface area contributed by atoms with Crippen LogP contribution in [0.15, 0.2) is 48.6 Å². The van der Waals surface area contributed by atoms with E-state index < -0.39 is 6.04 Å². The Kier molecular flexibility index (Phi) is 35.6. The van der Waals surface area contributed by atoms with Crippen molar-refractivity contribution in [2.75, 3.05) is 20.1 Å². The van der Waals surface area contributed by atoms with Crippen molar-refractivity contribution < 1.29 is 9.59 Å². The van der Waals surface area contributed by atoms with E-state index in [1.54, 1.807) is 0 Å². The molecule has 0 aliphatic carbocycles. The Bertz CT molecular complexity index is 787. The molecule has 46 heavy (non-hydrogen) atoms. The van der Waals surface area contributed by atoms with E-state index in [0.29, 0.717) is 25.9 Å². The monoisotopic (exact) mass is 642 g/mol. The zero-order valence-corrected chi connectivity index (χ0v) is 30.6. The number of carbonyl (C=O) groups excluding carboxylic acids is 2. The fourth-order valence-electron chi connectivity index (χ4n) is 5.37. The van der Waals surface area contributed by atoms with E-state index >= 15 is 0 Å². The predicted octanol–water partition coefficient (Wildman–Crippen LogP) is 10.8. The Hall–Kier alpha value is -2.14. The summed E-state index contributed by atoms with van der Waals surface area (Å²) >= 11 is 0. The Labute approximate surface area is 286 Å². The summed E-state index contributed by atoms with van der Waals surface area (Å²) in [6.45, 7) is 5.88. The van der Waals surface area contributed by atoms with Gasteiger partial charge in [0.05, 0.1) is 0 Å². The number of nitrogens with one attached hydrogen (secondary N) is 3. The topological polar surface area (TPSA) is 70.2 Å². The molecule has 3 N–H and O–H groups in total. The molecule has 0 aromatic heterocycles. The minimum absolute atomic E-state index is 0.00402. The lowest BCUT2D eigenvalue weighted by Gasteiger charge is -2.18. The predicted molar refractivity (Wildman–Crippen MR) is 202 cm³/mol. The molecule has 0 saturated carbocycles. The van der Waals surface area contributed by atoms with Crippen molar-refractivity contribution >= 4 is 11.8 Å². The van der Waals surface area contributed by atoms with Gasteiger partial charge in [0.2, 0.25) is 11.8 Å². The summed E-state index contributed by atoms with van der Waals surface area (Å²) in [7, 11) is 1.88. The zero-order valence-electron chi connectivity index (χ0n) is 30.6. The lowest BCUT2D eigenvalue weighted by molar-refractivity contribution is -0.129. The molecule has 0 saturated heterocycles. The van der Waals surface area contributed by atoms with Crippen LogP contribution in [0.3, 0.4) is 0 Å². The molecule has 266 valence electrons. The van der Waals surface area contributed by atoms with Crippen LogP contribution in [0, 0.1) is 0 Å². The molecule has 0 aliphatic heterocycles. The third-order valence-electron chi connectivity index (χ3n) is 8.37. The highest BCUT2D eigenvalue weighted by molar-refractivity contribution is 5.87. The first-order chi connectivity index (χ1) is 22.7. The Morgan fingerprint density at radius 2 is 0.957 bits per heavy atom. The summed E-state index contributed by atoms with van der Waals surface area (Å²) in [5, 5.41) is 9.16. The van der Waals surface area contributed by atoms with E-state index in [1.165, 1.54) is 96.3 Å². The van der Waals surface area contributed by atoms with E-state index in [-0.39, 0.29) is 11.8 Å². The van der Waals surface area contributed by atoms with Crippen molar-refractivity contribution in [2.24, 2.45) is 0 Å². The van der Waals surface area contributed by atoms with Crippen molar-refractivity contribution in [3.8, 4) is 0 Å². The molecule has 0 rings (SSSR count). The van der Waals surface area contributed by atoms with Gasteiger partial charge in [-0.1, -0.05) is 133 Å². The molecule has 0 aliphatic rings. The molecule has 0 aromatic rings. The first-order valence-electron chi connectivity index (χ1n) is 19.5. The summed E-state index contributed by atoms with van der Waals surface area (Å²) in [5.41, 5.74) is 0. The number of rotatable bonds is 34. The van der Waals surface area contributed by atoms with E-state index in [1.807, 2.05) is 7.05 Å². The van der Waals surface area contributed by atoms with Crippen LogP contribution >= 0.6 is 0 Å². The SMILES string of the molecule is CCCCC/C=C\C/C=C\CCCCCCCCNC(=O)C(CCNC)NC(=O)CCCCCCC/C=C\C/C=C\CCCCC. The maximum absolute atomic E-state index is 12.8. The molecule has 0 fully saturated rings. The average Bonchev–Trinajstić information content (AvgIpc) is 3.06. The number of allylic oxidation sites excluding steroid dienone is 8. The third kappa shape index (κ3) is 33.2. The van der Waals surface area contributed by atoms with Crippen LogP contribution in [0.5, 0.6) is 0 Å². The normalized spacial score (nSPS) is 12.7. The van der Waals surface area contributed by atoms with E-state index in [4.69, 9.17) is 0 Å². The van der Waals surface area contributed by atoms with Crippen LogP contribution in [-0.4, -0.2) is 38.0 Å². The molecule has 5 heteroatoms. The highest BCUT2D eigenvalue weighted by atomic mass is 16.2. The molecule has 0 radical (unpaired) electrons. The van der Waals surface area contributed by atoms with Gasteiger partial charge in [0.25, 0.3) is 0 Å². The summed E-state index contributed by atoms with van der Waals surface area (Å²) in [4.78, 5) is 25.3. The van der Waals surface area contributed by atoms with E-state index in [0.717, 1.165) is 51.4 Å². The van der Waals surface area contributed by atoms with Crippen LogP contribution in [0.2, 0.25) is 0 Å². The van der Waals surface area contributed by atoms with Gasteiger partial charge in [-0.15, -0.1) is 0 Å². The first-order valence-corrected chi connectivity index (χ1v) is 19.5. The average molecular weight is 642 g/mol. The lowest BCUT2D eigenvalue weighted by Crippen LogP contribution is -2.48. The summed E-state index contributed by atoms with van der Waals surface area (Å²) in [6.07, 6.45) is 46.9. The van der Waals surface area contributed by atoms with Crippen molar-refractivity contribution in [1.29, 1.82) is 0 Å². The van der Waals surface area contributed by atoms with Gasteiger partial charge >= 0.3 is 0 Å². The number of hydrogen-bond acceptors (Lipinski definition) is 3. The Morgan fingerprint density at radius 3 is 1.43 bits per heavy atom. The van der Waals surface area contributed by atoms with Crippen molar-refractivity contribution in [3.63, 3.8) is 0 Å². The summed E-state index contributed by atoms with van der Waals surface area (Å²) < 4.78 is 0. The molecular weight excluding hydrogens is 566 g/mol. The van der Waals surface area contributed by atoms with Crippen LogP contribution in [0.4, 0.5) is 0 Å². The first kappa shape index (κ1) is 43.9. The maximum Gasteiger partial charge on any atom is 0.242 e. The van der Waals surface area contributed by atoms with Crippen molar-refractivity contribution in [2.45, 2.75) is 180 Å². The van der Waals surface area contributed by atoms with E-state index in [2.05, 4.69) is 78.4 Å². The standard InChI is InChI=1S/C41H75N3O2/c1-4-6-8-10-12-14-16-18-20-22-24-26-28-30-32-34-37-43-41(46)39(36-38-42-3)44-40(45)35-33-31-29-27-25-23-21-19-17-15-13-11-9-7-5-2/h12-15,18-21,39,42H,4-11,16-17,22-38H2,1-3H3,(H,43,46)(H,44,45)/b14-12-,15-13-,20-18-,21-19-. The Morgan fingerprint density at radius 1 is 0.522 bits per heavy atom. The summed E-state index contributed by atoms with van der Waals surface area (Å²) in [5.74, 6) is -0.0538. The number of carbonyl (C=O) groups is 2. The van der Waals surface area contributed by atoms with Crippen LogP contribution in [0.25, 0.3) is 0 Å². The van der Waals surface area contributed by atoms with Crippen LogP contribution in [-0.2, 0) is 9.59 Å². The minimum Gasteiger partial charge on any atom is -0.354 e. The van der Waals surface area contributed by atoms with E-state index in [9.17, 15) is 9.59 Å². The quantitative estimate of drug-likeness (QED) is 0.0484. The molecular formula is C41H75N3O2. The molecule has 0 spiro atoms. The number of unbranched alkanes of at least 4 members (excludes halogenated alkanes) is 17. The second-order valence-electron chi connectivity index (χ2n) is 12.9. The van der Waals surface area contributed by atoms with Gasteiger partial charge in [-0.3, -0.25) is 9.59 Å². The second-order valence-corrected chi connectivity index (χ2v) is 12.9. The molecule has 5 nitrogen and oxygen atoms in total. The van der Waals surface area contributed by atoms with Gasteiger partial charge in [0.15, 0.2) is 0 Å². The van der Waals surface area contributed by atoms with Crippen molar-refractivity contribution in [3.05, 3.63) is 48.6 Å². The van der Waals surface area contributed by atoms with Gasteiger partial charge < -0.3 is 16.0 Å². The molecule has 0 aromatic carbocycles. The van der Waals surface area contributed by atoms with Crippen LogP contribution < -0.4 is 16.0 Å². The highest BCUT2D eigenvalue weighted by Gasteiger charge is 2.19. The minimum atomic E-state index is -0.456. The largest absolute Gasteiger partial charge is 0.354 e. The zero-order chi connectivity index (χ0) is 33.6. The lowest BCUT2D eigenvalue weighted by atomic mass is 10.1. The van der Waals surface area contributed by atoms with Gasteiger partial charge in [-0.05, 0) is 97.1 Å². The van der Waals surface area contributed by atoms with Gasteiger partial charge in [-0.25, -0.2) is 0 Å².